The van der Waals surface area contributed by atoms with Crippen LogP contribution in [0.1, 0.15) is 13.3 Å². The van der Waals surface area contributed by atoms with Gasteiger partial charge >= 0.3 is 0 Å². The molecule has 20 heavy (non-hydrogen) atoms. The minimum Gasteiger partial charge on any atom is -0.486 e. The molecule has 1 atom stereocenters. The van der Waals surface area contributed by atoms with Crippen molar-refractivity contribution >= 4 is 17.5 Å². The summed E-state index contributed by atoms with van der Waals surface area (Å²) in [7, 11) is 0. The lowest BCUT2D eigenvalue weighted by molar-refractivity contribution is -0.131. The summed E-state index contributed by atoms with van der Waals surface area (Å²) in [6.07, 6.45) is 0.575. The van der Waals surface area contributed by atoms with E-state index in [1.165, 1.54) is 4.90 Å². The molecule has 0 spiro atoms. The van der Waals surface area contributed by atoms with Crippen molar-refractivity contribution in [2.75, 3.05) is 24.7 Å². The third-order valence-electron chi connectivity index (χ3n) is 3.45. The number of piperazine rings is 1. The van der Waals surface area contributed by atoms with Crippen molar-refractivity contribution < 1.29 is 19.1 Å². The summed E-state index contributed by atoms with van der Waals surface area (Å²) in [4.78, 5) is 25.5. The van der Waals surface area contributed by atoms with Crippen molar-refractivity contribution in [2.45, 2.75) is 19.4 Å². The molecule has 0 saturated carbocycles. The third-order valence-corrected chi connectivity index (χ3v) is 3.45. The molecule has 2 heterocycles. The van der Waals surface area contributed by atoms with E-state index < -0.39 is 6.04 Å². The van der Waals surface area contributed by atoms with Gasteiger partial charge in [-0.1, -0.05) is 6.92 Å². The van der Waals surface area contributed by atoms with Crippen LogP contribution >= 0.6 is 0 Å². The Labute approximate surface area is 116 Å². The monoisotopic (exact) mass is 276 g/mol. The zero-order valence-corrected chi connectivity index (χ0v) is 11.2. The Bertz CT molecular complexity index is 558. The number of fused-ring (bicyclic) bond motifs is 1. The second kappa shape index (κ2) is 5.03. The Hall–Kier alpha value is -2.24. The summed E-state index contributed by atoms with van der Waals surface area (Å²) in [5, 5.41) is 2.69. The van der Waals surface area contributed by atoms with Crippen molar-refractivity contribution in [1.29, 1.82) is 0 Å². The second-order valence-electron chi connectivity index (χ2n) is 4.78. The highest BCUT2D eigenvalue weighted by atomic mass is 16.6. The van der Waals surface area contributed by atoms with Gasteiger partial charge < -0.3 is 19.7 Å². The van der Waals surface area contributed by atoms with Gasteiger partial charge in [-0.15, -0.1) is 0 Å². The fourth-order valence-corrected chi connectivity index (χ4v) is 2.41. The Kier molecular flexibility index (Phi) is 3.22. The number of carbonyl (C=O) groups is 2. The van der Waals surface area contributed by atoms with Gasteiger partial charge in [0, 0.05) is 11.8 Å². The van der Waals surface area contributed by atoms with Gasteiger partial charge in [0.1, 0.15) is 25.8 Å². The fraction of sp³-hybridized carbons (Fsp3) is 0.429. The van der Waals surface area contributed by atoms with Gasteiger partial charge in [0.05, 0.1) is 0 Å². The van der Waals surface area contributed by atoms with E-state index in [0.717, 1.165) is 0 Å². The highest BCUT2D eigenvalue weighted by Gasteiger charge is 2.32. The van der Waals surface area contributed by atoms with Crippen LogP contribution in [0.4, 0.5) is 5.69 Å². The van der Waals surface area contributed by atoms with E-state index in [-0.39, 0.29) is 18.4 Å². The molecule has 1 fully saturated rings. The average Bonchev–Trinajstić information content (AvgIpc) is 2.48. The molecule has 0 bridgehead atoms. The van der Waals surface area contributed by atoms with Crippen LogP contribution in [0.3, 0.4) is 0 Å². The van der Waals surface area contributed by atoms with E-state index in [9.17, 15) is 9.59 Å². The second-order valence-corrected chi connectivity index (χ2v) is 4.78. The molecule has 3 rings (SSSR count). The van der Waals surface area contributed by atoms with Crippen LogP contribution in [-0.2, 0) is 9.59 Å². The normalized spacial score (nSPS) is 21.6. The summed E-state index contributed by atoms with van der Waals surface area (Å²) in [5.74, 6) is 1.04. The van der Waals surface area contributed by atoms with Crippen LogP contribution in [0.15, 0.2) is 18.2 Å². The first kappa shape index (κ1) is 12.8. The maximum absolute atomic E-state index is 12.3. The van der Waals surface area contributed by atoms with Crippen molar-refractivity contribution in [1.82, 2.24) is 5.32 Å². The summed E-state index contributed by atoms with van der Waals surface area (Å²) in [6.45, 7) is 2.92. The van der Waals surface area contributed by atoms with Gasteiger partial charge in [-0.2, -0.15) is 0 Å². The van der Waals surface area contributed by atoms with E-state index in [2.05, 4.69) is 5.32 Å². The first-order chi connectivity index (χ1) is 9.69. The maximum Gasteiger partial charge on any atom is 0.250 e. The lowest BCUT2D eigenvalue weighted by Gasteiger charge is -2.32. The quantitative estimate of drug-likeness (QED) is 0.863. The van der Waals surface area contributed by atoms with Crippen LogP contribution in [0.25, 0.3) is 0 Å². The van der Waals surface area contributed by atoms with Crippen LogP contribution in [0, 0.1) is 0 Å². The molecule has 6 nitrogen and oxygen atoms in total. The molecule has 0 aromatic heterocycles. The highest BCUT2D eigenvalue weighted by Crippen LogP contribution is 2.34. The number of amides is 2. The number of carbonyl (C=O) groups excluding carboxylic acids is 2. The van der Waals surface area contributed by atoms with Gasteiger partial charge in [0.25, 0.3) is 0 Å². The minimum atomic E-state index is -0.454. The molecule has 2 aliphatic heterocycles. The zero-order valence-electron chi connectivity index (χ0n) is 11.2. The van der Waals surface area contributed by atoms with Crippen molar-refractivity contribution in [3.05, 3.63) is 18.2 Å². The Morgan fingerprint density at radius 1 is 1.25 bits per heavy atom. The SMILES string of the molecule is CCC1NC(=O)CN(c2ccc3c(c2)OCCO3)C1=O. The van der Waals surface area contributed by atoms with Crippen LogP contribution in [0.2, 0.25) is 0 Å². The van der Waals surface area contributed by atoms with E-state index >= 15 is 0 Å². The van der Waals surface area contributed by atoms with Gasteiger partial charge in [0.15, 0.2) is 11.5 Å². The summed E-state index contributed by atoms with van der Waals surface area (Å²) < 4.78 is 11.0. The predicted molar refractivity (Wildman–Crippen MR) is 72.0 cm³/mol. The molecule has 0 aliphatic carbocycles. The molecule has 0 radical (unpaired) electrons. The Morgan fingerprint density at radius 2 is 2.00 bits per heavy atom. The van der Waals surface area contributed by atoms with E-state index in [0.29, 0.717) is 36.8 Å². The molecule has 1 saturated heterocycles. The molecule has 2 amide bonds. The van der Waals surface area contributed by atoms with Crippen LogP contribution in [0.5, 0.6) is 11.5 Å². The topological polar surface area (TPSA) is 67.9 Å². The number of anilines is 1. The maximum atomic E-state index is 12.3. The zero-order chi connectivity index (χ0) is 14.1. The largest absolute Gasteiger partial charge is 0.486 e. The summed E-state index contributed by atoms with van der Waals surface area (Å²) in [5.41, 5.74) is 0.660. The number of nitrogens with one attached hydrogen (secondary N) is 1. The Balaban J connectivity index is 1.91. The number of ether oxygens (including phenoxy) is 2. The molecular formula is C14H16N2O4. The van der Waals surface area contributed by atoms with Crippen LogP contribution < -0.4 is 19.7 Å². The molecule has 2 aliphatic rings. The molecule has 106 valence electrons. The van der Waals surface area contributed by atoms with Crippen molar-refractivity contribution in [3.63, 3.8) is 0 Å². The summed E-state index contributed by atoms with van der Waals surface area (Å²) in [6, 6.07) is 4.84. The van der Waals surface area contributed by atoms with E-state index in [1.54, 1.807) is 18.2 Å². The van der Waals surface area contributed by atoms with Crippen LogP contribution in [-0.4, -0.2) is 37.6 Å². The third kappa shape index (κ3) is 2.17. The highest BCUT2D eigenvalue weighted by molar-refractivity contribution is 6.06. The number of hydrogen-bond acceptors (Lipinski definition) is 4. The average molecular weight is 276 g/mol. The molecule has 1 N–H and O–H groups in total. The smallest absolute Gasteiger partial charge is 0.250 e. The lowest BCUT2D eigenvalue weighted by atomic mass is 10.1. The molecule has 6 heteroatoms. The predicted octanol–water partition coefficient (Wildman–Crippen LogP) is 0.699. The number of nitrogens with zero attached hydrogens (tertiary/aromatic N) is 1. The minimum absolute atomic E-state index is 0.0367. The molecule has 1 aromatic carbocycles. The van der Waals surface area contributed by atoms with E-state index in [1.807, 2.05) is 6.92 Å². The van der Waals surface area contributed by atoms with Crippen molar-refractivity contribution in [2.24, 2.45) is 0 Å². The van der Waals surface area contributed by atoms with Crippen molar-refractivity contribution in [3.8, 4) is 11.5 Å². The van der Waals surface area contributed by atoms with Gasteiger partial charge in [-0.3, -0.25) is 9.59 Å². The van der Waals surface area contributed by atoms with Gasteiger partial charge in [-0.25, -0.2) is 0 Å². The van der Waals surface area contributed by atoms with E-state index in [4.69, 9.17) is 9.47 Å². The van der Waals surface area contributed by atoms with Gasteiger partial charge in [0.2, 0.25) is 11.8 Å². The molecule has 1 aromatic rings. The summed E-state index contributed by atoms with van der Waals surface area (Å²) >= 11 is 0. The number of rotatable bonds is 2. The number of benzene rings is 1. The standard InChI is InChI=1S/C14H16N2O4/c1-2-10-14(18)16(8-13(17)15-10)9-3-4-11-12(7-9)20-6-5-19-11/h3-4,7,10H,2,5-6,8H2,1H3,(H,15,17). The molecular weight excluding hydrogens is 260 g/mol. The first-order valence-electron chi connectivity index (χ1n) is 6.69. The fourth-order valence-electron chi connectivity index (χ4n) is 2.41. The molecule has 1 unspecified atom stereocenters. The Morgan fingerprint density at radius 3 is 2.75 bits per heavy atom. The number of hydrogen-bond donors (Lipinski definition) is 1. The first-order valence-corrected chi connectivity index (χ1v) is 6.69. The lowest BCUT2D eigenvalue weighted by Crippen LogP contribution is -2.58. The van der Waals surface area contributed by atoms with Gasteiger partial charge in [-0.05, 0) is 18.6 Å².